The molecule has 1 saturated heterocycles. The average molecular weight is 328 g/mol. The van der Waals surface area contributed by atoms with Gasteiger partial charge >= 0.3 is 0 Å². The Morgan fingerprint density at radius 3 is 3.11 bits per heavy atom. The molecule has 1 aliphatic rings. The fraction of sp³-hybridized carbons (Fsp3) is 0.600. The van der Waals surface area contributed by atoms with Crippen LogP contribution >= 0.6 is 15.9 Å². The molecule has 106 valence electrons. The SMILES string of the molecule is CCOC1CCCN(CC(O)c2cccc(Br)c2)C1. The molecule has 2 atom stereocenters. The molecule has 0 aromatic heterocycles. The van der Waals surface area contributed by atoms with Crippen LogP contribution in [-0.4, -0.2) is 42.4 Å². The number of benzene rings is 1. The molecule has 1 fully saturated rings. The summed E-state index contributed by atoms with van der Waals surface area (Å²) >= 11 is 3.44. The molecular formula is C15H22BrNO2. The van der Waals surface area contributed by atoms with Gasteiger partial charge in [-0.25, -0.2) is 0 Å². The van der Waals surface area contributed by atoms with Crippen molar-refractivity contribution in [2.45, 2.75) is 32.0 Å². The Labute approximate surface area is 123 Å². The second-order valence-electron chi connectivity index (χ2n) is 5.05. The predicted molar refractivity (Wildman–Crippen MR) is 80.2 cm³/mol. The van der Waals surface area contributed by atoms with Crippen LogP contribution in [0.15, 0.2) is 28.7 Å². The first kappa shape index (κ1) is 15.0. The van der Waals surface area contributed by atoms with Gasteiger partial charge in [-0.15, -0.1) is 0 Å². The van der Waals surface area contributed by atoms with Gasteiger partial charge < -0.3 is 9.84 Å². The van der Waals surface area contributed by atoms with Crippen molar-refractivity contribution in [1.82, 2.24) is 4.90 Å². The highest BCUT2D eigenvalue weighted by molar-refractivity contribution is 9.10. The van der Waals surface area contributed by atoms with E-state index in [9.17, 15) is 5.11 Å². The molecule has 2 unspecified atom stereocenters. The van der Waals surface area contributed by atoms with E-state index in [1.807, 2.05) is 31.2 Å². The maximum Gasteiger partial charge on any atom is 0.0917 e. The van der Waals surface area contributed by atoms with Crippen molar-refractivity contribution >= 4 is 15.9 Å². The van der Waals surface area contributed by atoms with Crippen LogP contribution in [0.1, 0.15) is 31.4 Å². The molecule has 1 heterocycles. The monoisotopic (exact) mass is 327 g/mol. The molecule has 0 radical (unpaired) electrons. The second-order valence-corrected chi connectivity index (χ2v) is 5.97. The lowest BCUT2D eigenvalue weighted by Gasteiger charge is -2.33. The van der Waals surface area contributed by atoms with Gasteiger partial charge in [-0.05, 0) is 44.0 Å². The van der Waals surface area contributed by atoms with Gasteiger partial charge in [0.15, 0.2) is 0 Å². The van der Waals surface area contributed by atoms with E-state index < -0.39 is 6.10 Å². The van der Waals surface area contributed by atoms with E-state index in [0.29, 0.717) is 12.6 Å². The summed E-state index contributed by atoms with van der Waals surface area (Å²) in [5, 5.41) is 10.3. The van der Waals surface area contributed by atoms with Crippen LogP contribution in [0.5, 0.6) is 0 Å². The van der Waals surface area contributed by atoms with Gasteiger partial charge in [-0.1, -0.05) is 28.1 Å². The smallest absolute Gasteiger partial charge is 0.0917 e. The van der Waals surface area contributed by atoms with Gasteiger partial charge in [0, 0.05) is 24.2 Å². The minimum absolute atomic E-state index is 0.327. The first-order valence-corrected chi connectivity index (χ1v) is 7.76. The van der Waals surface area contributed by atoms with Crippen molar-refractivity contribution in [2.75, 3.05) is 26.2 Å². The minimum Gasteiger partial charge on any atom is -0.387 e. The zero-order valence-electron chi connectivity index (χ0n) is 11.4. The second kappa shape index (κ2) is 7.39. The van der Waals surface area contributed by atoms with Crippen molar-refractivity contribution in [3.63, 3.8) is 0 Å². The molecule has 1 aromatic rings. The number of likely N-dealkylation sites (tertiary alicyclic amines) is 1. The molecule has 0 spiro atoms. The lowest BCUT2D eigenvalue weighted by molar-refractivity contribution is -0.00706. The highest BCUT2D eigenvalue weighted by Gasteiger charge is 2.22. The van der Waals surface area contributed by atoms with Crippen LogP contribution < -0.4 is 0 Å². The van der Waals surface area contributed by atoms with Crippen molar-refractivity contribution in [1.29, 1.82) is 0 Å². The van der Waals surface area contributed by atoms with E-state index in [1.54, 1.807) is 0 Å². The molecule has 2 rings (SSSR count). The molecular weight excluding hydrogens is 306 g/mol. The summed E-state index contributed by atoms with van der Waals surface area (Å²) in [6.45, 7) is 5.47. The van der Waals surface area contributed by atoms with Gasteiger partial charge in [0.25, 0.3) is 0 Å². The third-order valence-corrected chi connectivity index (χ3v) is 4.02. The van der Waals surface area contributed by atoms with E-state index in [1.165, 1.54) is 0 Å². The van der Waals surface area contributed by atoms with Crippen LogP contribution in [0.2, 0.25) is 0 Å². The number of rotatable bonds is 5. The number of aliphatic hydroxyl groups is 1. The molecule has 1 N–H and O–H groups in total. The highest BCUT2D eigenvalue weighted by atomic mass is 79.9. The number of hydrogen-bond donors (Lipinski definition) is 1. The summed E-state index contributed by atoms with van der Waals surface area (Å²) in [7, 11) is 0. The molecule has 19 heavy (non-hydrogen) atoms. The standard InChI is InChI=1S/C15H22BrNO2/c1-2-19-14-7-4-8-17(10-14)11-15(18)12-5-3-6-13(16)9-12/h3,5-6,9,14-15,18H,2,4,7-8,10-11H2,1H3. The third-order valence-electron chi connectivity index (χ3n) is 3.53. The maximum atomic E-state index is 10.3. The fourth-order valence-corrected chi connectivity index (χ4v) is 3.03. The summed E-state index contributed by atoms with van der Waals surface area (Å²) in [6, 6.07) is 7.89. The Morgan fingerprint density at radius 2 is 2.37 bits per heavy atom. The van der Waals surface area contributed by atoms with Gasteiger partial charge in [0.05, 0.1) is 12.2 Å². The van der Waals surface area contributed by atoms with Crippen molar-refractivity contribution in [3.05, 3.63) is 34.3 Å². The van der Waals surface area contributed by atoms with Crippen molar-refractivity contribution in [2.24, 2.45) is 0 Å². The first-order valence-electron chi connectivity index (χ1n) is 6.96. The molecule has 1 aliphatic heterocycles. The van der Waals surface area contributed by atoms with Gasteiger partial charge in [0.1, 0.15) is 0 Å². The number of hydrogen-bond acceptors (Lipinski definition) is 3. The van der Waals surface area contributed by atoms with E-state index >= 15 is 0 Å². The number of nitrogens with zero attached hydrogens (tertiary/aromatic N) is 1. The van der Waals surface area contributed by atoms with Crippen molar-refractivity contribution in [3.8, 4) is 0 Å². The largest absolute Gasteiger partial charge is 0.387 e. The van der Waals surface area contributed by atoms with Crippen molar-refractivity contribution < 1.29 is 9.84 Å². The van der Waals surface area contributed by atoms with E-state index in [2.05, 4.69) is 20.8 Å². The lowest BCUT2D eigenvalue weighted by Crippen LogP contribution is -2.41. The van der Waals surface area contributed by atoms with E-state index in [4.69, 9.17) is 4.74 Å². The van der Waals surface area contributed by atoms with Crippen LogP contribution in [0.25, 0.3) is 0 Å². The fourth-order valence-electron chi connectivity index (χ4n) is 2.61. The topological polar surface area (TPSA) is 32.7 Å². The number of ether oxygens (including phenoxy) is 1. The molecule has 0 bridgehead atoms. The summed E-state index contributed by atoms with van der Waals surface area (Å²) in [5.41, 5.74) is 0.966. The summed E-state index contributed by atoms with van der Waals surface area (Å²) in [6.07, 6.45) is 2.18. The van der Waals surface area contributed by atoms with Crippen LogP contribution in [0, 0.1) is 0 Å². The number of halogens is 1. The molecule has 0 saturated carbocycles. The van der Waals surface area contributed by atoms with Gasteiger partial charge in [-0.3, -0.25) is 4.90 Å². The minimum atomic E-state index is -0.433. The van der Waals surface area contributed by atoms with Crippen LogP contribution in [0.3, 0.4) is 0 Å². The Hall–Kier alpha value is -0.420. The van der Waals surface area contributed by atoms with E-state index in [-0.39, 0.29) is 0 Å². The van der Waals surface area contributed by atoms with E-state index in [0.717, 1.165) is 42.6 Å². The zero-order valence-corrected chi connectivity index (χ0v) is 13.0. The molecule has 0 amide bonds. The third kappa shape index (κ3) is 4.56. The highest BCUT2D eigenvalue weighted by Crippen LogP contribution is 2.21. The molecule has 1 aromatic carbocycles. The molecule has 3 nitrogen and oxygen atoms in total. The van der Waals surface area contributed by atoms with Crippen LogP contribution in [-0.2, 0) is 4.74 Å². The Morgan fingerprint density at radius 1 is 1.53 bits per heavy atom. The molecule has 0 aliphatic carbocycles. The van der Waals surface area contributed by atoms with Crippen LogP contribution in [0.4, 0.5) is 0 Å². The first-order chi connectivity index (χ1) is 9.19. The zero-order chi connectivity index (χ0) is 13.7. The summed E-state index contributed by atoms with van der Waals surface area (Å²) in [5.74, 6) is 0. The average Bonchev–Trinajstić information content (AvgIpc) is 2.39. The Kier molecular flexibility index (Phi) is 5.82. The quantitative estimate of drug-likeness (QED) is 0.902. The normalized spacial score (nSPS) is 22.4. The predicted octanol–water partition coefficient (Wildman–Crippen LogP) is 2.98. The number of piperidine rings is 1. The summed E-state index contributed by atoms with van der Waals surface area (Å²) in [4.78, 5) is 2.30. The van der Waals surface area contributed by atoms with Gasteiger partial charge in [-0.2, -0.15) is 0 Å². The van der Waals surface area contributed by atoms with Gasteiger partial charge in [0.2, 0.25) is 0 Å². The summed E-state index contributed by atoms with van der Waals surface area (Å²) < 4.78 is 6.70. The number of β-amino-alcohol motifs (C(OH)–C–C–N with tert-alkyl or cyclic N) is 1. The molecule has 4 heteroatoms. The Balaban J connectivity index is 1.89. The number of aliphatic hydroxyl groups excluding tert-OH is 1. The lowest BCUT2D eigenvalue weighted by atomic mass is 10.1. The Bertz CT molecular complexity index is 397. The maximum absolute atomic E-state index is 10.3.